The standard InChI is InChI=1S/C18H24F3N3O2/c1-5-23-13-8-6-7-9-14(13)24(16(23)26)10-15(25)22(11-17(2,3)4)12-18(19,20)21/h6-9H,5,10-12H2,1-4H3. The summed E-state index contributed by atoms with van der Waals surface area (Å²) in [5.41, 5.74) is 0.301. The van der Waals surface area contributed by atoms with Crippen molar-refractivity contribution < 1.29 is 18.0 Å². The first-order chi connectivity index (χ1) is 11.9. The summed E-state index contributed by atoms with van der Waals surface area (Å²) in [6.07, 6.45) is -4.50. The van der Waals surface area contributed by atoms with Crippen LogP contribution in [0.2, 0.25) is 0 Å². The Labute approximate surface area is 150 Å². The van der Waals surface area contributed by atoms with Crippen LogP contribution in [0.25, 0.3) is 11.0 Å². The van der Waals surface area contributed by atoms with Crippen LogP contribution in [0.5, 0.6) is 0 Å². The Balaban J connectivity index is 2.39. The van der Waals surface area contributed by atoms with Gasteiger partial charge in [-0.3, -0.25) is 13.9 Å². The molecule has 0 aliphatic heterocycles. The van der Waals surface area contributed by atoms with Crippen LogP contribution in [0.15, 0.2) is 29.1 Å². The molecule has 0 saturated carbocycles. The van der Waals surface area contributed by atoms with Crippen molar-refractivity contribution in [3.63, 3.8) is 0 Å². The molecule has 0 radical (unpaired) electrons. The second kappa shape index (κ2) is 7.17. The second-order valence-electron chi connectivity index (χ2n) is 7.53. The lowest BCUT2D eigenvalue weighted by Crippen LogP contribution is -2.45. The van der Waals surface area contributed by atoms with Gasteiger partial charge in [0, 0.05) is 13.1 Å². The molecule has 0 unspecified atom stereocenters. The number of benzene rings is 1. The van der Waals surface area contributed by atoms with Gasteiger partial charge in [-0.25, -0.2) is 4.79 Å². The molecule has 0 spiro atoms. The summed E-state index contributed by atoms with van der Waals surface area (Å²) in [5.74, 6) is -0.724. The van der Waals surface area contributed by atoms with Gasteiger partial charge in [0.05, 0.1) is 11.0 Å². The van der Waals surface area contributed by atoms with Crippen LogP contribution < -0.4 is 5.69 Å². The first-order valence-electron chi connectivity index (χ1n) is 8.45. The lowest BCUT2D eigenvalue weighted by Gasteiger charge is -2.30. The second-order valence-corrected chi connectivity index (χ2v) is 7.53. The topological polar surface area (TPSA) is 47.2 Å². The van der Waals surface area contributed by atoms with E-state index in [4.69, 9.17) is 0 Å². The van der Waals surface area contributed by atoms with E-state index in [1.54, 1.807) is 52.0 Å². The predicted octanol–water partition coefficient (Wildman–Crippen LogP) is 3.26. The lowest BCUT2D eigenvalue weighted by molar-refractivity contribution is -0.163. The zero-order valence-electron chi connectivity index (χ0n) is 15.4. The quantitative estimate of drug-likeness (QED) is 0.810. The maximum Gasteiger partial charge on any atom is 0.406 e. The SMILES string of the molecule is CCn1c(=O)n(CC(=O)N(CC(C)(C)C)CC(F)(F)F)c2ccccc21. The number of fused-ring (bicyclic) bond motifs is 1. The molecule has 8 heteroatoms. The Morgan fingerprint density at radius 3 is 2.04 bits per heavy atom. The van der Waals surface area contributed by atoms with Crippen molar-refractivity contribution in [1.82, 2.24) is 14.0 Å². The molecule has 2 aromatic rings. The van der Waals surface area contributed by atoms with Crippen LogP contribution in [0.3, 0.4) is 0 Å². The van der Waals surface area contributed by atoms with Crippen LogP contribution in [-0.2, 0) is 17.9 Å². The monoisotopic (exact) mass is 371 g/mol. The maximum atomic E-state index is 12.9. The number of carbonyl (C=O) groups excluding carboxylic acids is 1. The van der Waals surface area contributed by atoms with E-state index in [9.17, 15) is 22.8 Å². The van der Waals surface area contributed by atoms with E-state index < -0.39 is 36.3 Å². The first kappa shape index (κ1) is 20.1. The number of aryl methyl sites for hydroxylation is 1. The Morgan fingerprint density at radius 1 is 1.04 bits per heavy atom. The van der Waals surface area contributed by atoms with Gasteiger partial charge in [0.2, 0.25) is 5.91 Å². The van der Waals surface area contributed by atoms with Crippen molar-refractivity contribution in [2.75, 3.05) is 13.1 Å². The molecule has 144 valence electrons. The van der Waals surface area contributed by atoms with E-state index in [-0.39, 0.29) is 6.54 Å². The van der Waals surface area contributed by atoms with Gasteiger partial charge in [0.25, 0.3) is 0 Å². The van der Waals surface area contributed by atoms with Crippen LogP contribution in [0.1, 0.15) is 27.7 Å². The Hall–Kier alpha value is -2.25. The van der Waals surface area contributed by atoms with Crippen molar-refractivity contribution in [2.45, 2.75) is 47.0 Å². The normalized spacial score (nSPS) is 12.6. The molecule has 0 bridgehead atoms. The van der Waals surface area contributed by atoms with E-state index in [2.05, 4.69) is 0 Å². The number of carbonyl (C=O) groups is 1. The maximum absolute atomic E-state index is 12.9. The van der Waals surface area contributed by atoms with E-state index in [1.165, 1.54) is 9.13 Å². The minimum atomic E-state index is -4.50. The molecule has 1 aromatic heterocycles. The van der Waals surface area contributed by atoms with E-state index >= 15 is 0 Å². The summed E-state index contributed by atoms with van der Waals surface area (Å²) in [7, 11) is 0. The average molecular weight is 371 g/mol. The molecule has 0 atom stereocenters. The molecule has 0 aliphatic rings. The molecule has 0 saturated heterocycles. The lowest BCUT2D eigenvalue weighted by atomic mass is 9.96. The van der Waals surface area contributed by atoms with E-state index in [0.717, 1.165) is 4.90 Å². The molecular weight excluding hydrogens is 347 g/mol. The Kier molecular flexibility index (Phi) is 5.53. The molecule has 2 rings (SSSR count). The van der Waals surface area contributed by atoms with E-state index in [1.807, 2.05) is 0 Å². The van der Waals surface area contributed by atoms with Gasteiger partial charge in [-0.2, -0.15) is 13.2 Å². The van der Waals surface area contributed by atoms with Gasteiger partial charge in [0.1, 0.15) is 13.1 Å². The number of para-hydroxylation sites is 2. The fourth-order valence-electron chi connectivity index (χ4n) is 2.99. The van der Waals surface area contributed by atoms with Gasteiger partial charge in [-0.15, -0.1) is 0 Å². The van der Waals surface area contributed by atoms with Gasteiger partial charge < -0.3 is 4.90 Å². The summed E-state index contributed by atoms with van der Waals surface area (Å²) in [4.78, 5) is 26.0. The summed E-state index contributed by atoms with van der Waals surface area (Å²) in [6, 6.07) is 6.94. The third-order valence-electron chi connectivity index (χ3n) is 3.92. The number of halogens is 3. The van der Waals surface area contributed by atoms with Crippen LogP contribution in [0.4, 0.5) is 13.2 Å². The zero-order valence-corrected chi connectivity index (χ0v) is 15.4. The molecule has 26 heavy (non-hydrogen) atoms. The summed E-state index contributed by atoms with van der Waals surface area (Å²) >= 11 is 0. The van der Waals surface area contributed by atoms with Crippen molar-refractivity contribution in [3.05, 3.63) is 34.7 Å². The highest BCUT2D eigenvalue weighted by atomic mass is 19.4. The average Bonchev–Trinajstić information content (AvgIpc) is 2.76. The largest absolute Gasteiger partial charge is 0.406 e. The molecule has 0 fully saturated rings. The minimum Gasteiger partial charge on any atom is -0.332 e. The summed E-state index contributed by atoms with van der Waals surface area (Å²) in [6.45, 7) is 5.70. The molecule has 1 heterocycles. The van der Waals surface area contributed by atoms with Gasteiger partial charge >= 0.3 is 11.9 Å². The predicted molar refractivity (Wildman–Crippen MR) is 94.0 cm³/mol. The molecule has 0 aliphatic carbocycles. The van der Waals surface area contributed by atoms with Crippen molar-refractivity contribution in [3.8, 4) is 0 Å². The molecule has 1 amide bonds. The number of hydrogen-bond donors (Lipinski definition) is 0. The van der Waals surface area contributed by atoms with Crippen LogP contribution >= 0.6 is 0 Å². The number of rotatable bonds is 5. The number of alkyl halides is 3. The minimum absolute atomic E-state index is 0.0491. The fourth-order valence-corrected chi connectivity index (χ4v) is 2.99. The molecule has 1 aromatic carbocycles. The number of nitrogens with zero attached hydrogens (tertiary/aromatic N) is 3. The smallest absolute Gasteiger partial charge is 0.332 e. The first-order valence-corrected chi connectivity index (χ1v) is 8.45. The van der Waals surface area contributed by atoms with Gasteiger partial charge in [0.15, 0.2) is 0 Å². The number of aromatic nitrogens is 2. The number of amides is 1. The number of imidazole rings is 1. The molecular formula is C18H24F3N3O2. The Bertz CT molecular complexity index is 828. The highest BCUT2D eigenvalue weighted by Gasteiger charge is 2.35. The zero-order chi connectivity index (χ0) is 19.7. The highest BCUT2D eigenvalue weighted by molar-refractivity contribution is 5.81. The van der Waals surface area contributed by atoms with Crippen LogP contribution in [-0.4, -0.2) is 39.2 Å². The van der Waals surface area contributed by atoms with Gasteiger partial charge in [-0.05, 0) is 24.5 Å². The van der Waals surface area contributed by atoms with Crippen molar-refractivity contribution in [1.29, 1.82) is 0 Å². The van der Waals surface area contributed by atoms with Gasteiger partial charge in [-0.1, -0.05) is 32.9 Å². The van der Waals surface area contributed by atoms with Crippen molar-refractivity contribution >= 4 is 16.9 Å². The van der Waals surface area contributed by atoms with E-state index in [0.29, 0.717) is 17.6 Å². The Morgan fingerprint density at radius 2 is 1.58 bits per heavy atom. The molecule has 0 N–H and O–H groups in total. The number of hydrogen-bond acceptors (Lipinski definition) is 2. The fraction of sp³-hybridized carbons (Fsp3) is 0.556. The third-order valence-corrected chi connectivity index (χ3v) is 3.92. The summed E-state index contributed by atoms with van der Waals surface area (Å²) in [5, 5.41) is 0. The third kappa shape index (κ3) is 4.68. The highest BCUT2D eigenvalue weighted by Crippen LogP contribution is 2.22. The van der Waals surface area contributed by atoms with Crippen LogP contribution in [0, 0.1) is 5.41 Å². The van der Waals surface area contributed by atoms with Crippen molar-refractivity contribution in [2.24, 2.45) is 5.41 Å². The summed E-state index contributed by atoms with van der Waals surface area (Å²) < 4.78 is 41.5. The molecule has 5 nitrogen and oxygen atoms in total.